The summed E-state index contributed by atoms with van der Waals surface area (Å²) in [4.78, 5) is 24.6. The van der Waals surface area contributed by atoms with Crippen molar-refractivity contribution in [2.24, 2.45) is 34.5 Å². The van der Waals surface area contributed by atoms with Gasteiger partial charge >= 0.3 is 5.97 Å². The van der Waals surface area contributed by atoms with Gasteiger partial charge in [-0.3, -0.25) is 9.59 Å². The van der Waals surface area contributed by atoms with Crippen LogP contribution in [0.1, 0.15) is 39.5 Å². The van der Waals surface area contributed by atoms with E-state index >= 15 is 0 Å². The molecule has 3 nitrogen and oxygen atoms in total. The molecular formula is C15H20O3. The summed E-state index contributed by atoms with van der Waals surface area (Å²) < 4.78 is 5.40. The number of rotatable bonds is 0. The van der Waals surface area contributed by atoms with Crippen LogP contribution in [0.25, 0.3) is 0 Å². The summed E-state index contributed by atoms with van der Waals surface area (Å²) >= 11 is 0. The lowest BCUT2D eigenvalue weighted by atomic mass is 9.42. The van der Waals surface area contributed by atoms with Crippen molar-refractivity contribution in [3.63, 3.8) is 0 Å². The molecule has 5 aliphatic rings. The molecule has 5 unspecified atom stereocenters. The highest BCUT2D eigenvalue weighted by molar-refractivity contribution is 5.89. The molecule has 1 aliphatic heterocycles. The highest BCUT2D eigenvalue weighted by atomic mass is 16.5. The molecule has 5 rings (SSSR count). The van der Waals surface area contributed by atoms with E-state index in [1.165, 1.54) is 0 Å². The molecule has 0 aromatic carbocycles. The van der Waals surface area contributed by atoms with Crippen LogP contribution in [0.15, 0.2) is 0 Å². The molecule has 0 radical (unpaired) electrons. The second-order valence-electron chi connectivity index (χ2n) is 7.53. The first-order valence-corrected chi connectivity index (χ1v) is 7.16. The average molecular weight is 248 g/mol. The van der Waals surface area contributed by atoms with E-state index in [0.717, 1.165) is 19.3 Å². The Morgan fingerprint density at radius 3 is 2.78 bits per heavy atom. The van der Waals surface area contributed by atoms with Crippen LogP contribution >= 0.6 is 0 Å². The Morgan fingerprint density at radius 2 is 2.06 bits per heavy atom. The SMILES string of the molecule is CC1(C)CC23CCC1C1CC(=O)C(COC2=O)C13. The van der Waals surface area contributed by atoms with Gasteiger partial charge in [0.1, 0.15) is 12.4 Å². The number of ether oxygens (including phenoxy) is 1. The van der Waals surface area contributed by atoms with Gasteiger partial charge in [-0.2, -0.15) is 0 Å². The molecular weight excluding hydrogens is 228 g/mol. The standard InChI is InChI=1S/C15H20O3/c1-14(2)7-15-4-3-10(14)8-5-11(16)9(12(8)15)6-18-13(15)17/h8-10,12H,3-7H2,1-2H3. The van der Waals surface area contributed by atoms with Crippen molar-refractivity contribution in [2.45, 2.75) is 39.5 Å². The van der Waals surface area contributed by atoms with Crippen LogP contribution in [0.3, 0.4) is 0 Å². The Balaban J connectivity index is 1.88. The van der Waals surface area contributed by atoms with Gasteiger partial charge in [0.25, 0.3) is 0 Å². The summed E-state index contributed by atoms with van der Waals surface area (Å²) in [6, 6.07) is 0. The molecule has 5 fully saturated rings. The van der Waals surface area contributed by atoms with E-state index in [0.29, 0.717) is 36.6 Å². The molecule has 0 aromatic rings. The monoisotopic (exact) mass is 248 g/mol. The van der Waals surface area contributed by atoms with Gasteiger partial charge in [0.2, 0.25) is 0 Å². The molecule has 3 heteroatoms. The van der Waals surface area contributed by atoms with Gasteiger partial charge in [0.05, 0.1) is 11.3 Å². The van der Waals surface area contributed by atoms with E-state index in [1.807, 2.05) is 0 Å². The third-order valence-corrected chi connectivity index (χ3v) is 6.38. The molecule has 1 saturated heterocycles. The summed E-state index contributed by atoms with van der Waals surface area (Å²) in [6.45, 7) is 4.90. The fraction of sp³-hybridized carbons (Fsp3) is 0.867. The predicted molar refractivity (Wildman–Crippen MR) is 64.6 cm³/mol. The summed E-state index contributed by atoms with van der Waals surface area (Å²) in [5, 5.41) is 0. The molecule has 0 amide bonds. The van der Waals surface area contributed by atoms with Gasteiger partial charge in [-0.15, -0.1) is 0 Å². The molecule has 5 atom stereocenters. The number of hydrogen-bond acceptors (Lipinski definition) is 3. The third-order valence-electron chi connectivity index (χ3n) is 6.38. The Morgan fingerprint density at radius 1 is 1.28 bits per heavy atom. The fourth-order valence-corrected chi connectivity index (χ4v) is 5.93. The fourth-order valence-electron chi connectivity index (χ4n) is 5.93. The van der Waals surface area contributed by atoms with Crippen molar-refractivity contribution < 1.29 is 14.3 Å². The predicted octanol–water partition coefficient (Wildman–Crippen LogP) is 2.19. The van der Waals surface area contributed by atoms with Gasteiger partial charge in [-0.25, -0.2) is 0 Å². The zero-order valence-electron chi connectivity index (χ0n) is 11.1. The van der Waals surface area contributed by atoms with Crippen LogP contribution < -0.4 is 0 Å². The number of esters is 1. The van der Waals surface area contributed by atoms with Crippen molar-refractivity contribution in [1.29, 1.82) is 0 Å². The Bertz CT molecular complexity index is 453. The van der Waals surface area contributed by atoms with Gasteiger partial charge in [-0.05, 0) is 42.4 Å². The number of ketones is 1. The molecule has 98 valence electrons. The summed E-state index contributed by atoms with van der Waals surface area (Å²) in [7, 11) is 0. The molecule has 4 saturated carbocycles. The quantitative estimate of drug-likeness (QED) is 0.617. The lowest BCUT2D eigenvalue weighted by Crippen LogP contribution is -2.61. The number of carbonyl (C=O) groups is 2. The number of fused-ring (bicyclic) bond motifs is 2. The first-order valence-electron chi connectivity index (χ1n) is 7.16. The normalized spacial score (nSPS) is 52.1. The van der Waals surface area contributed by atoms with E-state index < -0.39 is 0 Å². The van der Waals surface area contributed by atoms with E-state index in [4.69, 9.17) is 4.74 Å². The molecule has 18 heavy (non-hydrogen) atoms. The molecule has 0 aromatic heterocycles. The summed E-state index contributed by atoms with van der Waals surface area (Å²) in [5.41, 5.74) is -0.136. The number of carbonyl (C=O) groups excluding carboxylic acids is 2. The summed E-state index contributed by atoms with van der Waals surface area (Å²) in [5.74, 6) is 1.75. The first-order chi connectivity index (χ1) is 8.46. The molecule has 2 bridgehead atoms. The molecule has 1 heterocycles. The maximum absolute atomic E-state index is 12.4. The van der Waals surface area contributed by atoms with Crippen LogP contribution in [0, 0.1) is 34.5 Å². The van der Waals surface area contributed by atoms with Crippen LogP contribution in [-0.4, -0.2) is 18.4 Å². The minimum absolute atomic E-state index is 0.00493. The maximum atomic E-state index is 12.4. The minimum Gasteiger partial charge on any atom is -0.464 e. The van der Waals surface area contributed by atoms with Crippen molar-refractivity contribution in [3.8, 4) is 0 Å². The number of Topliss-reactive ketones (excluding diaryl/α,β-unsaturated/α-hetero) is 1. The van der Waals surface area contributed by atoms with Crippen LogP contribution in [-0.2, 0) is 14.3 Å². The van der Waals surface area contributed by atoms with Gasteiger partial charge < -0.3 is 4.74 Å². The van der Waals surface area contributed by atoms with Crippen LogP contribution in [0.5, 0.6) is 0 Å². The number of cyclic esters (lactones) is 1. The van der Waals surface area contributed by atoms with Crippen molar-refractivity contribution >= 4 is 11.8 Å². The Labute approximate surface area is 107 Å². The van der Waals surface area contributed by atoms with E-state index in [-0.39, 0.29) is 22.7 Å². The molecule has 1 spiro atoms. The topological polar surface area (TPSA) is 43.4 Å². The molecule has 4 aliphatic carbocycles. The van der Waals surface area contributed by atoms with Gasteiger partial charge in [0.15, 0.2) is 0 Å². The first kappa shape index (κ1) is 11.0. The number of hydrogen-bond donors (Lipinski definition) is 0. The Hall–Kier alpha value is -0.860. The minimum atomic E-state index is -0.321. The lowest BCUT2D eigenvalue weighted by molar-refractivity contribution is -0.208. The van der Waals surface area contributed by atoms with Crippen molar-refractivity contribution in [2.75, 3.05) is 6.61 Å². The van der Waals surface area contributed by atoms with Gasteiger partial charge in [-0.1, -0.05) is 13.8 Å². The molecule has 0 N–H and O–H groups in total. The van der Waals surface area contributed by atoms with Gasteiger partial charge in [0, 0.05) is 6.42 Å². The van der Waals surface area contributed by atoms with Crippen molar-refractivity contribution in [1.82, 2.24) is 0 Å². The van der Waals surface area contributed by atoms with Crippen molar-refractivity contribution in [3.05, 3.63) is 0 Å². The highest BCUT2D eigenvalue weighted by Gasteiger charge is 2.70. The summed E-state index contributed by atoms with van der Waals surface area (Å²) in [6.07, 6.45) is 3.67. The van der Waals surface area contributed by atoms with Crippen LogP contribution in [0.4, 0.5) is 0 Å². The van der Waals surface area contributed by atoms with E-state index in [2.05, 4.69) is 13.8 Å². The van der Waals surface area contributed by atoms with Crippen LogP contribution in [0.2, 0.25) is 0 Å². The lowest BCUT2D eigenvalue weighted by Gasteiger charge is -2.62. The third kappa shape index (κ3) is 1.03. The van der Waals surface area contributed by atoms with E-state index in [1.54, 1.807) is 0 Å². The zero-order chi connectivity index (χ0) is 12.7. The second-order valence-corrected chi connectivity index (χ2v) is 7.53. The highest BCUT2D eigenvalue weighted by Crippen LogP contribution is 2.69. The zero-order valence-corrected chi connectivity index (χ0v) is 11.1. The second kappa shape index (κ2) is 3.00. The maximum Gasteiger partial charge on any atom is 0.312 e. The largest absolute Gasteiger partial charge is 0.464 e. The Kier molecular flexibility index (Phi) is 1.83. The average Bonchev–Trinajstić information content (AvgIpc) is 2.62. The smallest absolute Gasteiger partial charge is 0.312 e. The van der Waals surface area contributed by atoms with E-state index in [9.17, 15) is 9.59 Å².